The van der Waals surface area contributed by atoms with E-state index in [1.54, 1.807) is 30.3 Å². The minimum Gasteiger partial charge on any atom is -0.322 e. The zero-order valence-corrected chi connectivity index (χ0v) is 21.9. The van der Waals surface area contributed by atoms with E-state index in [4.69, 9.17) is 0 Å². The summed E-state index contributed by atoms with van der Waals surface area (Å²) in [6.45, 7) is 3.99. The number of rotatable bonds is 7. The highest BCUT2D eigenvalue weighted by Crippen LogP contribution is 2.36. The number of nitrogens with one attached hydrogen (secondary N) is 2. The van der Waals surface area contributed by atoms with Gasteiger partial charge in [0.05, 0.1) is 11.3 Å². The molecule has 0 heterocycles. The van der Waals surface area contributed by atoms with Crippen LogP contribution < -0.4 is 15.5 Å². The maximum Gasteiger partial charge on any atom is 0.257 e. The number of para-hydroxylation sites is 3. The number of carbonyl (C=O) groups excluding carboxylic acids is 2. The van der Waals surface area contributed by atoms with Crippen LogP contribution in [0.1, 0.15) is 31.8 Å². The molecule has 0 saturated heterocycles. The van der Waals surface area contributed by atoms with Crippen molar-refractivity contribution in [3.05, 3.63) is 150 Å². The van der Waals surface area contributed by atoms with Gasteiger partial charge in [0, 0.05) is 28.3 Å². The molecular formula is C34H29N3O2. The Hall–Kier alpha value is -5.16. The second-order valence-corrected chi connectivity index (χ2v) is 9.39. The van der Waals surface area contributed by atoms with Crippen molar-refractivity contribution in [2.45, 2.75) is 13.8 Å². The molecule has 0 aliphatic rings. The van der Waals surface area contributed by atoms with Crippen molar-refractivity contribution < 1.29 is 9.59 Å². The lowest BCUT2D eigenvalue weighted by atomic mass is 10.1. The summed E-state index contributed by atoms with van der Waals surface area (Å²) in [6, 6.07) is 40.3. The SMILES string of the molecule is Cc1cc(C)cc(NC(=O)c2cccc(NC(=O)c3ccccc3N(c3ccccc3)c3ccccc3)c2)c1. The van der Waals surface area contributed by atoms with Crippen molar-refractivity contribution >= 4 is 40.3 Å². The zero-order valence-electron chi connectivity index (χ0n) is 21.9. The molecule has 5 heteroatoms. The van der Waals surface area contributed by atoms with E-state index in [9.17, 15) is 9.59 Å². The highest BCUT2D eigenvalue weighted by Gasteiger charge is 2.20. The molecule has 2 amide bonds. The van der Waals surface area contributed by atoms with Gasteiger partial charge in [-0.05, 0) is 91.7 Å². The topological polar surface area (TPSA) is 61.4 Å². The van der Waals surface area contributed by atoms with Gasteiger partial charge in [-0.15, -0.1) is 0 Å². The normalized spacial score (nSPS) is 10.5. The molecule has 39 heavy (non-hydrogen) atoms. The first-order valence-electron chi connectivity index (χ1n) is 12.8. The Morgan fingerprint density at radius 1 is 0.538 bits per heavy atom. The van der Waals surface area contributed by atoms with Crippen LogP contribution in [0.15, 0.2) is 127 Å². The quantitative estimate of drug-likeness (QED) is 0.231. The van der Waals surface area contributed by atoms with Crippen LogP contribution in [0.5, 0.6) is 0 Å². The molecule has 0 saturated carbocycles. The van der Waals surface area contributed by atoms with Gasteiger partial charge >= 0.3 is 0 Å². The van der Waals surface area contributed by atoms with Crippen LogP contribution in [0, 0.1) is 13.8 Å². The standard InChI is InChI=1S/C34H29N3O2/c1-24-20-25(2)22-28(21-24)36-33(38)26-12-11-13-27(23-26)35-34(39)31-18-9-10-19-32(31)37(29-14-5-3-6-15-29)30-16-7-4-8-17-30/h3-23H,1-2H3,(H,35,39)(H,36,38). The number of aryl methyl sites for hydroxylation is 2. The van der Waals surface area contributed by atoms with E-state index in [2.05, 4.69) is 21.6 Å². The molecule has 0 aromatic heterocycles. The van der Waals surface area contributed by atoms with Crippen molar-refractivity contribution in [2.75, 3.05) is 15.5 Å². The summed E-state index contributed by atoms with van der Waals surface area (Å²) < 4.78 is 0. The smallest absolute Gasteiger partial charge is 0.257 e. The van der Waals surface area contributed by atoms with Gasteiger partial charge in [0.2, 0.25) is 0 Å². The molecular weight excluding hydrogens is 482 g/mol. The first-order chi connectivity index (χ1) is 19.0. The molecule has 0 spiro atoms. The largest absolute Gasteiger partial charge is 0.322 e. The lowest BCUT2D eigenvalue weighted by molar-refractivity contribution is 0.101. The van der Waals surface area contributed by atoms with Crippen LogP contribution in [0.2, 0.25) is 0 Å². The summed E-state index contributed by atoms with van der Waals surface area (Å²) in [4.78, 5) is 28.6. The second kappa shape index (κ2) is 11.5. The molecule has 5 rings (SSSR count). The maximum absolute atomic E-state index is 13.6. The summed E-state index contributed by atoms with van der Waals surface area (Å²) >= 11 is 0. The summed E-state index contributed by atoms with van der Waals surface area (Å²) in [5, 5.41) is 5.94. The Morgan fingerprint density at radius 2 is 1.10 bits per heavy atom. The van der Waals surface area contributed by atoms with Crippen LogP contribution in [0.25, 0.3) is 0 Å². The van der Waals surface area contributed by atoms with E-state index in [-0.39, 0.29) is 11.8 Å². The van der Waals surface area contributed by atoms with E-state index < -0.39 is 0 Å². The van der Waals surface area contributed by atoms with E-state index in [0.29, 0.717) is 16.8 Å². The minimum absolute atomic E-state index is 0.240. The molecule has 5 aromatic rings. The van der Waals surface area contributed by atoms with Crippen molar-refractivity contribution in [3.8, 4) is 0 Å². The highest BCUT2D eigenvalue weighted by molar-refractivity contribution is 6.10. The molecule has 0 radical (unpaired) electrons. The number of benzene rings is 5. The summed E-state index contributed by atoms with van der Waals surface area (Å²) in [7, 11) is 0. The number of hydrogen-bond donors (Lipinski definition) is 2. The third-order valence-corrected chi connectivity index (χ3v) is 6.28. The van der Waals surface area contributed by atoms with Gasteiger partial charge in [0.15, 0.2) is 0 Å². The molecule has 192 valence electrons. The van der Waals surface area contributed by atoms with Crippen molar-refractivity contribution in [3.63, 3.8) is 0 Å². The van der Waals surface area contributed by atoms with Crippen LogP contribution in [-0.4, -0.2) is 11.8 Å². The third kappa shape index (κ3) is 6.05. The van der Waals surface area contributed by atoms with Crippen molar-refractivity contribution in [1.29, 1.82) is 0 Å². The fourth-order valence-corrected chi connectivity index (χ4v) is 4.63. The Balaban J connectivity index is 1.42. The zero-order chi connectivity index (χ0) is 27.2. The van der Waals surface area contributed by atoms with E-state index >= 15 is 0 Å². The minimum atomic E-state index is -0.269. The Kier molecular flexibility index (Phi) is 7.51. The fraction of sp³-hybridized carbons (Fsp3) is 0.0588. The van der Waals surface area contributed by atoms with Crippen LogP contribution in [0.3, 0.4) is 0 Å². The van der Waals surface area contributed by atoms with Crippen LogP contribution in [0.4, 0.5) is 28.4 Å². The van der Waals surface area contributed by atoms with Gasteiger partial charge in [0.1, 0.15) is 0 Å². The van der Waals surface area contributed by atoms with Gasteiger partial charge in [-0.25, -0.2) is 0 Å². The first-order valence-corrected chi connectivity index (χ1v) is 12.8. The lowest BCUT2D eigenvalue weighted by Crippen LogP contribution is -2.19. The molecule has 0 aliphatic carbocycles. The predicted octanol–water partition coefficient (Wildman–Crippen LogP) is 8.28. The van der Waals surface area contributed by atoms with Gasteiger partial charge in [0.25, 0.3) is 11.8 Å². The Morgan fingerprint density at radius 3 is 1.74 bits per heavy atom. The second-order valence-electron chi connectivity index (χ2n) is 9.39. The third-order valence-electron chi connectivity index (χ3n) is 6.28. The summed E-state index contributed by atoms with van der Waals surface area (Å²) in [6.07, 6.45) is 0. The van der Waals surface area contributed by atoms with Gasteiger partial charge in [-0.1, -0.05) is 60.7 Å². The van der Waals surface area contributed by atoms with Crippen LogP contribution >= 0.6 is 0 Å². The lowest BCUT2D eigenvalue weighted by Gasteiger charge is -2.27. The van der Waals surface area contributed by atoms with E-state index in [1.807, 2.05) is 105 Å². The van der Waals surface area contributed by atoms with Crippen molar-refractivity contribution in [2.24, 2.45) is 0 Å². The predicted molar refractivity (Wildman–Crippen MR) is 159 cm³/mol. The van der Waals surface area contributed by atoms with Gasteiger partial charge in [-0.2, -0.15) is 0 Å². The average Bonchev–Trinajstić information content (AvgIpc) is 2.94. The molecule has 2 N–H and O–H groups in total. The molecule has 5 aromatic carbocycles. The number of amides is 2. The monoisotopic (exact) mass is 511 g/mol. The number of carbonyl (C=O) groups is 2. The molecule has 5 nitrogen and oxygen atoms in total. The van der Waals surface area contributed by atoms with Gasteiger partial charge < -0.3 is 15.5 Å². The van der Waals surface area contributed by atoms with Gasteiger partial charge in [-0.3, -0.25) is 9.59 Å². The average molecular weight is 512 g/mol. The number of nitrogens with zero attached hydrogens (tertiary/aromatic N) is 1. The molecule has 0 unspecified atom stereocenters. The molecule has 0 atom stereocenters. The highest BCUT2D eigenvalue weighted by atomic mass is 16.2. The Labute approximate surface area is 228 Å². The van der Waals surface area contributed by atoms with Crippen molar-refractivity contribution in [1.82, 2.24) is 0 Å². The molecule has 0 fully saturated rings. The molecule has 0 aliphatic heterocycles. The first kappa shape index (κ1) is 25.5. The Bertz CT molecular complexity index is 1550. The van der Waals surface area contributed by atoms with E-state index in [0.717, 1.165) is 33.9 Å². The fourth-order valence-electron chi connectivity index (χ4n) is 4.63. The number of hydrogen-bond acceptors (Lipinski definition) is 3. The van der Waals surface area contributed by atoms with E-state index in [1.165, 1.54) is 0 Å². The summed E-state index contributed by atoms with van der Waals surface area (Å²) in [5.74, 6) is -0.509. The van der Waals surface area contributed by atoms with Crippen LogP contribution in [-0.2, 0) is 0 Å². The summed E-state index contributed by atoms with van der Waals surface area (Å²) in [5.41, 5.74) is 7.01. The number of anilines is 5. The maximum atomic E-state index is 13.6. The molecule has 0 bridgehead atoms.